The summed E-state index contributed by atoms with van der Waals surface area (Å²) >= 11 is 0. The molecule has 0 bridgehead atoms. The molecule has 0 amide bonds. The Morgan fingerprint density at radius 1 is 0.533 bits per heavy atom. The molecule has 4 aromatic carbocycles. The Labute approximate surface area is 367 Å². The van der Waals surface area contributed by atoms with Gasteiger partial charge in [0.05, 0.1) is 39.4 Å². The monoisotopic (exact) mass is 963 g/mol. The van der Waals surface area contributed by atoms with Gasteiger partial charge in [-0.15, -0.1) is 41.5 Å². The first-order valence-electron chi connectivity index (χ1n) is 19.4. The smallest absolute Gasteiger partial charge is 0.155 e. The van der Waals surface area contributed by atoms with Gasteiger partial charge in [0, 0.05) is 49.8 Å². The van der Waals surface area contributed by atoms with Gasteiger partial charge < -0.3 is 10.1 Å². The van der Waals surface area contributed by atoms with Crippen LogP contribution in [0.5, 0.6) is 0 Å². The van der Waals surface area contributed by atoms with Crippen LogP contribution in [0.2, 0.25) is 0 Å². The second-order valence-corrected chi connectivity index (χ2v) is 14.2. The van der Waals surface area contributed by atoms with Crippen LogP contribution in [0.3, 0.4) is 0 Å². The number of carbonyl (C=O) groups excluding carboxylic acids is 1. The zero-order valence-electron chi connectivity index (χ0n) is 34.0. The molecular weight excluding hydrogens is 917 g/mol. The molecule has 6 nitrogen and oxygen atoms in total. The molecule has 0 aliphatic rings. The Kier molecular flexibility index (Phi) is 15.8. The van der Waals surface area contributed by atoms with E-state index in [1.54, 1.807) is 0 Å². The molecule has 4 aromatic heterocycles. The molecule has 0 saturated carbocycles. The fourth-order valence-electron chi connectivity index (χ4n) is 6.82. The molecule has 0 fully saturated rings. The van der Waals surface area contributed by atoms with E-state index in [9.17, 15) is 4.79 Å². The van der Waals surface area contributed by atoms with Crippen molar-refractivity contribution in [1.29, 1.82) is 0 Å². The number of carbonyl (C=O) groups is 1. The number of ketones is 1. The van der Waals surface area contributed by atoms with Crippen LogP contribution in [0.1, 0.15) is 61.6 Å². The third-order valence-corrected chi connectivity index (χ3v) is 9.94. The van der Waals surface area contributed by atoms with Gasteiger partial charge in [0.1, 0.15) is 0 Å². The van der Waals surface area contributed by atoms with Crippen LogP contribution in [0.25, 0.3) is 22.5 Å². The van der Waals surface area contributed by atoms with Crippen molar-refractivity contribution in [3.8, 4) is 22.5 Å². The SMILES string of the molecule is CC(=O)C=C(C)O.CC(c1ccccc1)(c1ccccn1)c1cccc(-c2ccccc2)n1.C[C@](c1[c-]cccc1)(c1ccccn1)c1cccc(-c2[c-]cccc2)n1.[Ir]. The first-order chi connectivity index (χ1) is 28.7. The van der Waals surface area contributed by atoms with Crippen molar-refractivity contribution >= 4 is 5.78 Å². The van der Waals surface area contributed by atoms with E-state index in [1.807, 2.05) is 122 Å². The summed E-state index contributed by atoms with van der Waals surface area (Å²) in [6.45, 7) is 7.20. The van der Waals surface area contributed by atoms with E-state index in [2.05, 4.69) is 109 Å². The van der Waals surface area contributed by atoms with Crippen molar-refractivity contribution in [3.63, 3.8) is 0 Å². The summed E-state index contributed by atoms with van der Waals surface area (Å²) in [4.78, 5) is 29.3. The number of aliphatic hydroxyl groups is 1. The van der Waals surface area contributed by atoms with E-state index in [0.717, 1.165) is 50.9 Å². The van der Waals surface area contributed by atoms with Crippen LogP contribution in [-0.2, 0) is 35.7 Å². The molecule has 1 radical (unpaired) electrons. The summed E-state index contributed by atoms with van der Waals surface area (Å²) in [6.07, 6.45) is 4.84. The summed E-state index contributed by atoms with van der Waals surface area (Å²) in [5, 5.41) is 8.36. The molecular formula is C53H46IrN4O2-2. The van der Waals surface area contributed by atoms with E-state index < -0.39 is 10.8 Å². The number of rotatable bonds is 9. The van der Waals surface area contributed by atoms with Gasteiger partial charge in [-0.3, -0.25) is 19.7 Å². The average molecular weight is 963 g/mol. The third-order valence-electron chi connectivity index (χ3n) is 9.94. The maximum absolute atomic E-state index is 10.0. The minimum atomic E-state index is -0.493. The fraction of sp³-hybridized carbons (Fsp3) is 0.113. The van der Waals surface area contributed by atoms with Crippen LogP contribution < -0.4 is 0 Å². The number of hydrogen-bond acceptors (Lipinski definition) is 6. The van der Waals surface area contributed by atoms with Crippen LogP contribution in [-0.4, -0.2) is 30.8 Å². The van der Waals surface area contributed by atoms with E-state index in [0.29, 0.717) is 0 Å². The van der Waals surface area contributed by atoms with E-state index in [1.165, 1.54) is 25.5 Å². The molecule has 0 spiro atoms. The predicted molar refractivity (Wildman–Crippen MR) is 237 cm³/mol. The topological polar surface area (TPSA) is 88.9 Å². The first-order valence-corrected chi connectivity index (χ1v) is 19.4. The number of aliphatic hydroxyl groups excluding tert-OH is 1. The van der Waals surface area contributed by atoms with Gasteiger partial charge >= 0.3 is 0 Å². The third kappa shape index (κ3) is 10.9. The Balaban J connectivity index is 0.000000194. The van der Waals surface area contributed by atoms with Crippen LogP contribution in [0, 0.1) is 12.1 Å². The molecule has 2 atom stereocenters. The largest absolute Gasteiger partial charge is 0.512 e. The van der Waals surface area contributed by atoms with E-state index in [4.69, 9.17) is 15.1 Å². The normalized spacial score (nSPS) is 12.7. The van der Waals surface area contributed by atoms with Crippen molar-refractivity contribution in [1.82, 2.24) is 19.9 Å². The molecule has 8 aromatic rings. The molecule has 301 valence electrons. The number of aromatic nitrogens is 4. The van der Waals surface area contributed by atoms with Crippen molar-refractivity contribution < 1.29 is 30.0 Å². The Morgan fingerprint density at radius 2 is 1.03 bits per heavy atom. The minimum absolute atomic E-state index is 0. The maximum Gasteiger partial charge on any atom is 0.155 e. The van der Waals surface area contributed by atoms with Gasteiger partial charge in [0.15, 0.2) is 5.78 Å². The number of allylic oxidation sites excluding steroid dienone is 2. The Bertz CT molecular complexity index is 2300. The molecule has 0 saturated heterocycles. The van der Waals surface area contributed by atoms with Crippen LogP contribution in [0.4, 0.5) is 0 Å². The van der Waals surface area contributed by atoms with Crippen molar-refractivity contribution in [2.75, 3.05) is 0 Å². The van der Waals surface area contributed by atoms with Crippen molar-refractivity contribution in [3.05, 3.63) is 252 Å². The second-order valence-electron chi connectivity index (χ2n) is 14.2. The summed E-state index contributed by atoms with van der Waals surface area (Å²) in [5.74, 6) is -0.0625. The number of benzene rings is 4. The van der Waals surface area contributed by atoms with E-state index >= 15 is 0 Å². The summed E-state index contributed by atoms with van der Waals surface area (Å²) in [5.41, 5.74) is 9.14. The Morgan fingerprint density at radius 3 is 1.55 bits per heavy atom. The number of nitrogens with zero attached hydrogens (tertiary/aromatic N) is 4. The average Bonchev–Trinajstić information content (AvgIpc) is 3.30. The van der Waals surface area contributed by atoms with Gasteiger partial charge in [-0.2, -0.15) is 30.3 Å². The zero-order valence-corrected chi connectivity index (χ0v) is 36.4. The molecule has 7 heteroatoms. The summed E-state index contributed by atoms with van der Waals surface area (Å²) < 4.78 is 0. The summed E-state index contributed by atoms with van der Waals surface area (Å²) in [6, 6.07) is 67.7. The quantitative estimate of drug-likeness (QED) is 0.0881. The number of hydrogen-bond donors (Lipinski definition) is 1. The molecule has 1 N–H and O–H groups in total. The molecule has 0 aliphatic heterocycles. The van der Waals surface area contributed by atoms with Gasteiger partial charge in [0.2, 0.25) is 0 Å². The maximum atomic E-state index is 10.0. The fourth-order valence-corrected chi connectivity index (χ4v) is 6.82. The molecule has 0 aliphatic carbocycles. The van der Waals surface area contributed by atoms with Crippen molar-refractivity contribution in [2.24, 2.45) is 0 Å². The minimum Gasteiger partial charge on any atom is -0.512 e. The van der Waals surface area contributed by atoms with E-state index in [-0.39, 0.29) is 31.6 Å². The van der Waals surface area contributed by atoms with Gasteiger partial charge in [-0.25, -0.2) is 0 Å². The number of pyridine rings is 4. The van der Waals surface area contributed by atoms with Crippen LogP contribution in [0.15, 0.2) is 206 Å². The zero-order chi connectivity index (χ0) is 41.5. The second kappa shape index (κ2) is 21.4. The van der Waals surface area contributed by atoms with Crippen molar-refractivity contribution in [2.45, 2.75) is 38.5 Å². The molecule has 8 rings (SSSR count). The standard InChI is InChI=1S/C24H20N2.C24H18N2.C5H8O2.Ir/c2*1-24(20-13-6-3-7-14-20,22-16-8-9-18-25-22)23-17-10-15-21(26-23)19-11-4-2-5-12-19;1-4(6)3-5(2)7;/h2-18H,1H3;2-11,13,15-18H,1H3;3,6H,1-2H3;/q;-2;;/t;24-;;/m.0../s1. The molecule has 1 unspecified atom stereocenters. The van der Waals surface area contributed by atoms with Gasteiger partial charge in [0.25, 0.3) is 0 Å². The Hall–Kier alpha value is -6.66. The van der Waals surface area contributed by atoms with Gasteiger partial charge in [-0.05, 0) is 81.4 Å². The predicted octanol–water partition coefficient (Wildman–Crippen LogP) is 11.6. The first kappa shape index (κ1) is 44.4. The molecule has 60 heavy (non-hydrogen) atoms. The van der Waals surface area contributed by atoms with Gasteiger partial charge in [-0.1, -0.05) is 91.0 Å². The molecule has 4 heterocycles. The summed E-state index contributed by atoms with van der Waals surface area (Å²) in [7, 11) is 0. The van der Waals surface area contributed by atoms with Crippen LogP contribution >= 0.6 is 0 Å².